The van der Waals surface area contributed by atoms with Crippen molar-refractivity contribution in [2.24, 2.45) is 0 Å². The van der Waals surface area contributed by atoms with Gasteiger partial charge >= 0.3 is 5.97 Å². The zero-order valence-corrected chi connectivity index (χ0v) is 22.8. The summed E-state index contributed by atoms with van der Waals surface area (Å²) in [6.07, 6.45) is 3.07. The summed E-state index contributed by atoms with van der Waals surface area (Å²) in [5.74, 6) is 1.05. The van der Waals surface area contributed by atoms with Crippen LogP contribution in [0.1, 0.15) is 66.2 Å². The van der Waals surface area contributed by atoms with E-state index in [0.29, 0.717) is 17.1 Å². The zero-order valence-electron chi connectivity index (χ0n) is 22.8. The van der Waals surface area contributed by atoms with Gasteiger partial charge in [-0.15, -0.1) is 0 Å². The molecule has 2 aliphatic heterocycles. The number of aryl methyl sites for hydroxylation is 1. The van der Waals surface area contributed by atoms with Gasteiger partial charge in [-0.2, -0.15) is 0 Å². The molecule has 0 amide bonds. The van der Waals surface area contributed by atoms with E-state index >= 15 is 0 Å². The standard InChI is InChI=1S/C34H34N2O3/c1-4-20-36(21-5-2)25-18-19-30-28(22-25)34(27-11-8-7-10-26(27)33(37)39-34)32-29(12-9-13-31(32)38-30)35-24-16-14-23(6-3)15-17-24/h7-19,22,35H,4-6,20-21H2,1-3H3. The van der Waals surface area contributed by atoms with Crippen LogP contribution in [0.3, 0.4) is 0 Å². The lowest BCUT2D eigenvalue weighted by atomic mass is 9.76. The fraction of sp³-hybridized carbons (Fsp3) is 0.265. The van der Waals surface area contributed by atoms with E-state index < -0.39 is 5.60 Å². The number of esters is 1. The smallest absolute Gasteiger partial charge is 0.340 e. The molecule has 5 heteroatoms. The molecule has 4 aromatic carbocycles. The number of hydrogen-bond acceptors (Lipinski definition) is 5. The summed E-state index contributed by atoms with van der Waals surface area (Å²) >= 11 is 0. The Morgan fingerprint density at radius 1 is 0.795 bits per heavy atom. The molecule has 5 nitrogen and oxygen atoms in total. The van der Waals surface area contributed by atoms with Crippen molar-refractivity contribution in [2.75, 3.05) is 23.3 Å². The van der Waals surface area contributed by atoms with Gasteiger partial charge in [0.2, 0.25) is 0 Å². The molecular formula is C34H34N2O3. The molecular weight excluding hydrogens is 484 g/mol. The molecule has 0 radical (unpaired) electrons. The molecule has 4 aromatic rings. The number of rotatable bonds is 8. The van der Waals surface area contributed by atoms with Gasteiger partial charge in [0, 0.05) is 35.6 Å². The Balaban J connectivity index is 1.57. The summed E-state index contributed by atoms with van der Waals surface area (Å²) < 4.78 is 13.0. The van der Waals surface area contributed by atoms with Crippen molar-refractivity contribution in [1.29, 1.82) is 0 Å². The van der Waals surface area contributed by atoms with E-state index in [-0.39, 0.29) is 5.97 Å². The van der Waals surface area contributed by atoms with Gasteiger partial charge in [0.25, 0.3) is 0 Å². The van der Waals surface area contributed by atoms with Gasteiger partial charge in [-0.05, 0) is 73.4 Å². The second-order valence-electron chi connectivity index (χ2n) is 10.2. The Morgan fingerprint density at radius 3 is 2.31 bits per heavy atom. The van der Waals surface area contributed by atoms with E-state index in [1.54, 1.807) is 0 Å². The lowest BCUT2D eigenvalue weighted by Crippen LogP contribution is -2.34. The van der Waals surface area contributed by atoms with Crippen LogP contribution in [0, 0.1) is 0 Å². The van der Waals surface area contributed by atoms with Crippen molar-refractivity contribution in [3.05, 3.63) is 113 Å². The van der Waals surface area contributed by atoms with Crippen LogP contribution >= 0.6 is 0 Å². The number of benzene rings is 4. The third kappa shape index (κ3) is 4.13. The quantitative estimate of drug-likeness (QED) is 0.238. The Bertz CT molecular complexity index is 1520. The molecule has 0 aliphatic carbocycles. The van der Waals surface area contributed by atoms with Gasteiger partial charge in [0.05, 0.1) is 16.8 Å². The van der Waals surface area contributed by atoms with Crippen LogP contribution in [0.2, 0.25) is 0 Å². The Kier molecular flexibility index (Phi) is 6.51. The molecule has 2 heterocycles. The van der Waals surface area contributed by atoms with E-state index in [0.717, 1.165) is 66.1 Å². The fourth-order valence-electron chi connectivity index (χ4n) is 5.91. The lowest BCUT2D eigenvalue weighted by Gasteiger charge is -2.38. The normalized spacial score (nSPS) is 16.6. The van der Waals surface area contributed by atoms with Crippen LogP contribution in [-0.4, -0.2) is 19.1 Å². The summed E-state index contributed by atoms with van der Waals surface area (Å²) in [5, 5.41) is 3.61. The number of carbonyl (C=O) groups excluding carboxylic acids is 1. The first-order valence-corrected chi connectivity index (χ1v) is 14.0. The van der Waals surface area contributed by atoms with Gasteiger partial charge in [0.15, 0.2) is 5.60 Å². The van der Waals surface area contributed by atoms with Crippen LogP contribution in [-0.2, 0) is 16.8 Å². The molecule has 198 valence electrons. The molecule has 0 bridgehead atoms. The van der Waals surface area contributed by atoms with Crippen LogP contribution < -0.4 is 15.0 Å². The minimum Gasteiger partial charge on any atom is -0.456 e. The molecule has 39 heavy (non-hydrogen) atoms. The summed E-state index contributed by atoms with van der Waals surface area (Å²) in [6, 6.07) is 28.4. The van der Waals surface area contributed by atoms with Crippen LogP contribution in [0.4, 0.5) is 17.1 Å². The number of nitrogens with one attached hydrogen (secondary N) is 1. The Hall–Kier alpha value is -4.25. The van der Waals surface area contributed by atoms with Gasteiger partial charge in [-0.3, -0.25) is 0 Å². The maximum Gasteiger partial charge on any atom is 0.340 e. The van der Waals surface area contributed by atoms with E-state index in [2.05, 4.69) is 67.4 Å². The number of nitrogens with zero attached hydrogens (tertiary/aromatic N) is 1. The third-order valence-corrected chi connectivity index (χ3v) is 7.71. The molecule has 0 saturated carbocycles. The van der Waals surface area contributed by atoms with E-state index in [1.807, 2.05) is 48.5 Å². The van der Waals surface area contributed by atoms with Gasteiger partial charge in [-0.1, -0.05) is 57.2 Å². The predicted molar refractivity (Wildman–Crippen MR) is 157 cm³/mol. The monoisotopic (exact) mass is 518 g/mol. The first-order chi connectivity index (χ1) is 19.1. The molecule has 1 N–H and O–H groups in total. The van der Waals surface area contributed by atoms with Crippen molar-refractivity contribution >= 4 is 23.0 Å². The fourth-order valence-corrected chi connectivity index (χ4v) is 5.91. The summed E-state index contributed by atoms with van der Waals surface area (Å²) in [5.41, 5.74) is 6.13. The van der Waals surface area contributed by atoms with Gasteiger partial charge in [0.1, 0.15) is 11.5 Å². The van der Waals surface area contributed by atoms with E-state index in [4.69, 9.17) is 9.47 Å². The average Bonchev–Trinajstić information content (AvgIpc) is 3.26. The number of anilines is 3. The van der Waals surface area contributed by atoms with Crippen molar-refractivity contribution in [1.82, 2.24) is 0 Å². The Labute approximate surface area is 230 Å². The number of carbonyl (C=O) groups is 1. The van der Waals surface area contributed by atoms with Gasteiger partial charge < -0.3 is 19.7 Å². The average molecular weight is 519 g/mol. The molecule has 0 fully saturated rings. The van der Waals surface area contributed by atoms with Crippen molar-refractivity contribution in [2.45, 2.75) is 45.6 Å². The molecule has 0 saturated heterocycles. The largest absolute Gasteiger partial charge is 0.456 e. The predicted octanol–water partition coefficient (Wildman–Crippen LogP) is 8.19. The second kappa shape index (κ2) is 10.1. The van der Waals surface area contributed by atoms with Crippen LogP contribution in [0.15, 0.2) is 84.9 Å². The summed E-state index contributed by atoms with van der Waals surface area (Å²) in [7, 11) is 0. The zero-order chi connectivity index (χ0) is 27.0. The van der Waals surface area contributed by atoms with Gasteiger partial charge in [-0.25, -0.2) is 4.79 Å². The molecule has 2 aliphatic rings. The van der Waals surface area contributed by atoms with Crippen molar-refractivity contribution in [3.8, 4) is 11.5 Å². The van der Waals surface area contributed by atoms with Crippen LogP contribution in [0.25, 0.3) is 0 Å². The molecule has 1 unspecified atom stereocenters. The first kappa shape index (κ1) is 25.1. The molecule has 1 atom stereocenters. The van der Waals surface area contributed by atoms with E-state index in [9.17, 15) is 4.79 Å². The number of hydrogen-bond donors (Lipinski definition) is 1. The summed E-state index contributed by atoms with van der Waals surface area (Å²) in [6.45, 7) is 8.45. The Morgan fingerprint density at radius 2 is 1.56 bits per heavy atom. The summed E-state index contributed by atoms with van der Waals surface area (Å²) in [4.78, 5) is 15.8. The highest BCUT2D eigenvalue weighted by Gasteiger charge is 2.54. The topological polar surface area (TPSA) is 50.8 Å². The van der Waals surface area contributed by atoms with Crippen LogP contribution in [0.5, 0.6) is 11.5 Å². The number of fused-ring (bicyclic) bond motifs is 6. The van der Waals surface area contributed by atoms with Crippen molar-refractivity contribution < 1.29 is 14.3 Å². The number of ether oxygens (including phenoxy) is 2. The minimum atomic E-state index is -1.14. The first-order valence-electron chi connectivity index (χ1n) is 14.0. The molecule has 0 aromatic heterocycles. The second-order valence-corrected chi connectivity index (χ2v) is 10.2. The molecule has 6 rings (SSSR count). The highest BCUT2D eigenvalue weighted by atomic mass is 16.6. The minimum absolute atomic E-state index is 0.323. The maximum atomic E-state index is 13.4. The maximum absolute atomic E-state index is 13.4. The SMILES string of the molecule is CCCN(CCC)c1ccc2c(c1)C1(OC(=O)c3ccccc31)c1c(Nc3ccc(CC)cc3)cccc1O2. The molecule has 1 spiro atoms. The highest BCUT2D eigenvalue weighted by molar-refractivity contribution is 5.98. The highest BCUT2D eigenvalue weighted by Crippen LogP contribution is 2.58. The van der Waals surface area contributed by atoms with E-state index in [1.165, 1.54) is 5.56 Å². The third-order valence-electron chi connectivity index (χ3n) is 7.71. The van der Waals surface area contributed by atoms with Crippen molar-refractivity contribution in [3.63, 3.8) is 0 Å². The lowest BCUT2D eigenvalue weighted by molar-refractivity contribution is 0.0227.